The Bertz CT molecular complexity index is 982. The molecule has 4 rings (SSSR count). The van der Waals surface area contributed by atoms with Crippen molar-refractivity contribution in [3.63, 3.8) is 0 Å². The predicted octanol–water partition coefficient (Wildman–Crippen LogP) is 8.37. The second-order valence-corrected chi connectivity index (χ2v) is 10.7. The molecule has 2 unspecified atom stereocenters. The van der Waals surface area contributed by atoms with Gasteiger partial charge in [-0.1, -0.05) is 127 Å². The van der Waals surface area contributed by atoms with Crippen LogP contribution in [0.25, 0.3) is 0 Å². The molecule has 1 N–H and O–H groups in total. The number of benzene rings is 3. The van der Waals surface area contributed by atoms with Crippen molar-refractivity contribution in [1.29, 1.82) is 0 Å². The molecule has 0 radical (unpaired) electrons. The van der Waals surface area contributed by atoms with Gasteiger partial charge in [0.05, 0.1) is 5.60 Å². The van der Waals surface area contributed by atoms with Crippen LogP contribution < -0.4 is 0 Å². The van der Waals surface area contributed by atoms with Gasteiger partial charge in [-0.3, -0.25) is 0 Å². The number of hydrogen-bond donors (Lipinski definition) is 1. The van der Waals surface area contributed by atoms with Crippen molar-refractivity contribution in [2.75, 3.05) is 13.6 Å². The van der Waals surface area contributed by atoms with E-state index in [1.54, 1.807) is 0 Å². The number of unbranched alkanes of at least 4 members (excludes halogenated alkanes) is 1. The maximum Gasteiger partial charge on any atom is 0.0725 e. The third-order valence-corrected chi connectivity index (χ3v) is 7.49. The highest BCUT2D eigenvalue weighted by Gasteiger charge is 2.37. The van der Waals surface area contributed by atoms with E-state index in [1.807, 2.05) is 20.8 Å². The summed E-state index contributed by atoms with van der Waals surface area (Å²) in [5.74, 6) is 0.245. The molecular weight excluding hydrogens is 438 g/mol. The molecule has 1 aliphatic carbocycles. The van der Waals surface area contributed by atoms with Gasteiger partial charge in [-0.15, -0.1) is 0 Å². The first-order valence-corrected chi connectivity index (χ1v) is 13.8. The largest absolute Gasteiger partial charge is 0.389 e. The lowest BCUT2D eigenvalue weighted by molar-refractivity contribution is 0.0488. The minimum absolute atomic E-state index is 0.0858. The molecule has 0 bridgehead atoms. The van der Waals surface area contributed by atoms with Crippen molar-refractivity contribution in [1.82, 2.24) is 4.90 Å². The Kier molecular flexibility index (Phi) is 11.4. The zero-order chi connectivity index (χ0) is 26.8. The first-order chi connectivity index (χ1) is 17.1. The Hall–Kier alpha value is -2.42. The summed E-state index contributed by atoms with van der Waals surface area (Å²) in [5.41, 5.74) is 6.25. The maximum absolute atomic E-state index is 10.4. The van der Waals surface area contributed by atoms with E-state index < -0.39 is 5.60 Å². The molecule has 0 spiro atoms. The van der Waals surface area contributed by atoms with Gasteiger partial charge in [0.15, 0.2) is 0 Å². The van der Waals surface area contributed by atoms with Crippen LogP contribution in [0.5, 0.6) is 0 Å². The minimum Gasteiger partial charge on any atom is -0.389 e. The van der Waals surface area contributed by atoms with Gasteiger partial charge in [-0.2, -0.15) is 0 Å². The molecule has 3 aromatic rings. The zero-order valence-electron chi connectivity index (χ0n) is 24.0. The molecule has 2 nitrogen and oxygen atoms in total. The molecular formula is C34H49NO. The topological polar surface area (TPSA) is 23.5 Å². The lowest BCUT2D eigenvalue weighted by Gasteiger charge is -2.25. The SMILES string of the molecule is CC.CC(C)(c1ccccc1)c1ccccc1.CCCCN(C)Cc1ccc2c(c1)CC(C)(O)C2C. The minimum atomic E-state index is -0.574. The third-order valence-electron chi connectivity index (χ3n) is 7.49. The number of hydrogen-bond acceptors (Lipinski definition) is 2. The van der Waals surface area contributed by atoms with E-state index in [1.165, 1.54) is 40.7 Å². The lowest BCUT2D eigenvalue weighted by Crippen LogP contribution is -2.27. The zero-order valence-corrected chi connectivity index (χ0v) is 24.0. The summed E-state index contributed by atoms with van der Waals surface area (Å²) in [5, 5.41) is 10.4. The smallest absolute Gasteiger partial charge is 0.0725 e. The van der Waals surface area contributed by atoms with Gasteiger partial charge in [0.2, 0.25) is 0 Å². The Labute approximate surface area is 221 Å². The van der Waals surface area contributed by atoms with E-state index in [2.05, 4.69) is 119 Å². The van der Waals surface area contributed by atoms with Crippen molar-refractivity contribution in [3.8, 4) is 0 Å². The molecule has 0 heterocycles. The van der Waals surface area contributed by atoms with E-state index in [9.17, 15) is 5.11 Å². The van der Waals surface area contributed by atoms with Gasteiger partial charge in [0.25, 0.3) is 0 Å². The molecule has 0 saturated heterocycles. The summed E-state index contributed by atoms with van der Waals surface area (Å²) in [6.45, 7) is 17.0. The van der Waals surface area contributed by atoms with E-state index in [4.69, 9.17) is 0 Å². The van der Waals surface area contributed by atoms with Crippen LogP contribution in [-0.4, -0.2) is 29.2 Å². The van der Waals surface area contributed by atoms with Gasteiger partial charge < -0.3 is 10.0 Å². The summed E-state index contributed by atoms with van der Waals surface area (Å²) in [6, 6.07) is 28.0. The molecule has 3 aromatic carbocycles. The fraction of sp³-hybridized carbons (Fsp3) is 0.471. The fourth-order valence-corrected chi connectivity index (χ4v) is 4.90. The molecule has 0 fully saturated rings. The van der Waals surface area contributed by atoms with Crippen molar-refractivity contribution < 1.29 is 5.11 Å². The summed E-state index contributed by atoms with van der Waals surface area (Å²) < 4.78 is 0. The first-order valence-electron chi connectivity index (χ1n) is 13.8. The molecule has 196 valence electrons. The maximum atomic E-state index is 10.4. The normalized spacial score (nSPS) is 18.6. The van der Waals surface area contributed by atoms with Crippen LogP contribution in [0, 0.1) is 0 Å². The number of fused-ring (bicyclic) bond motifs is 1. The third kappa shape index (κ3) is 7.79. The molecule has 0 aliphatic heterocycles. The summed E-state index contributed by atoms with van der Waals surface area (Å²) in [7, 11) is 2.18. The molecule has 36 heavy (non-hydrogen) atoms. The van der Waals surface area contributed by atoms with Crippen LogP contribution in [-0.2, 0) is 18.4 Å². The Balaban J connectivity index is 0.000000243. The highest BCUT2D eigenvalue weighted by atomic mass is 16.3. The van der Waals surface area contributed by atoms with Gasteiger partial charge in [-0.05, 0) is 54.8 Å². The van der Waals surface area contributed by atoms with Crippen LogP contribution in [0.4, 0.5) is 0 Å². The Morgan fingerprint density at radius 2 is 1.44 bits per heavy atom. The quantitative estimate of drug-likeness (QED) is 0.362. The molecule has 2 heteroatoms. The summed E-state index contributed by atoms with van der Waals surface area (Å²) >= 11 is 0. The summed E-state index contributed by atoms with van der Waals surface area (Å²) in [6.07, 6.45) is 3.29. The highest BCUT2D eigenvalue weighted by Crippen LogP contribution is 2.40. The van der Waals surface area contributed by atoms with Crippen molar-refractivity contribution in [3.05, 3.63) is 107 Å². The van der Waals surface area contributed by atoms with Crippen LogP contribution in [0.1, 0.15) is 95.0 Å². The molecule has 0 saturated carbocycles. The highest BCUT2D eigenvalue weighted by molar-refractivity contribution is 5.41. The molecule has 2 atom stereocenters. The van der Waals surface area contributed by atoms with Crippen LogP contribution in [0.2, 0.25) is 0 Å². The molecule has 0 amide bonds. The van der Waals surface area contributed by atoms with Crippen LogP contribution in [0.15, 0.2) is 78.9 Å². The fourth-order valence-electron chi connectivity index (χ4n) is 4.90. The van der Waals surface area contributed by atoms with E-state index in [0.717, 1.165) is 19.5 Å². The number of nitrogens with zero attached hydrogens (tertiary/aromatic N) is 1. The Morgan fingerprint density at radius 1 is 0.917 bits per heavy atom. The van der Waals surface area contributed by atoms with Gasteiger partial charge in [-0.25, -0.2) is 0 Å². The first kappa shape index (κ1) is 29.8. The average Bonchev–Trinajstić information content (AvgIpc) is 3.12. The van der Waals surface area contributed by atoms with Crippen molar-refractivity contribution >= 4 is 0 Å². The standard InChI is InChI=1S/C17H27NO.C15H16.C2H6/c1-5-6-9-18(4)12-14-7-8-16-13(2)17(3,19)11-15(16)10-14;1-15(2,13-9-5-3-6-10-13)14-11-7-4-8-12-14;1-2/h7-8,10,13,19H,5-6,9,11-12H2,1-4H3;3-12H,1-2H3;1-2H3. The molecule has 0 aromatic heterocycles. The van der Waals surface area contributed by atoms with E-state index in [0.29, 0.717) is 0 Å². The van der Waals surface area contributed by atoms with Gasteiger partial charge in [0.1, 0.15) is 0 Å². The van der Waals surface area contributed by atoms with Crippen molar-refractivity contribution in [2.45, 2.75) is 91.2 Å². The van der Waals surface area contributed by atoms with Gasteiger partial charge >= 0.3 is 0 Å². The molecule has 1 aliphatic rings. The second kappa shape index (κ2) is 13.8. The van der Waals surface area contributed by atoms with Gasteiger partial charge in [0, 0.05) is 24.3 Å². The number of aliphatic hydroxyl groups is 1. The number of rotatable bonds is 7. The summed E-state index contributed by atoms with van der Waals surface area (Å²) in [4.78, 5) is 2.38. The van der Waals surface area contributed by atoms with E-state index in [-0.39, 0.29) is 11.3 Å². The van der Waals surface area contributed by atoms with E-state index >= 15 is 0 Å². The second-order valence-electron chi connectivity index (χ2n) is 10.7. The lowest BCUT2D eigenvalue weighted by atomic mass is 9.78. The Morgan fingerprint density at radius 3 is 1.94 bits per heavy atom. The average molecular weight is 488 g/mol. The van der Waals surface area contributed by atoms with Crippen LogP contribution in [0.3, 0.4) is 0 Å². The van der Waals surface area contributed by atoms with Crippen molar-refractivity contribution in [2.24, 2.45) is 0 Å². The van der Waals surface area contributed by atoms with Crippen LogP contribution >= 0.6 is 0 Å². The predicted molar refractivity (Wildman–Crippen MR) is 157 cm³/mol. The monoisotopic (exact) mass is 487 g/mol.